The quantitative estimate of drug-likeness (QED) is 0.486. The van der Waals surface area contributed by atoms with Crippen molar-refractivity contribution in [3.8, 4) is 11.5 Å². The van der Waals surface area contributed by atoms with Gasteiger partial charge in [0.15, 0.2) is 0 Å². The van der Waals surface area contributed by atoms with Crippen LogP contribution in [0.25, 0.3) is 0 Å². The van der Waals surface area contributed by atoms with Gasteiger partial charge in [0.2, 0.25) is 0 Å². The smallest absolute Gasteiger partial charge is 0.128 e. The molecule has 0 saturated heterocycles. The van der Waals surface area contributed by atoms with Crippen LogP contribution < -0.4 is 5.43 Å². The van der Waals surface area contributed by atoms with E-state index in [2.05, 4.69) is 15.5 Å². The van der Waals surface area contributed by atoms with E-state index in [0.29, 0.717) is 17.7 Å². The van der Waals surface area contributed by atoms with Crippen LogP contribution in [-0.2, 0) is 6.42 Å². The molecule has 5 nitrogen and oxygen atoms in total. The third-order valence-corrected chi connectivity index (χ3v) is 4.22. The van der Waals surface area contributed by atoms with E-state index >= 15 is 0 Å². The minimum Gasteiger partial charge on any atom is -0.508 e. The number of phenolic OH excluding ortho intramolecular Hbond substituents is 2. The zero-order valence-corrected chi connectivity index (χ0v) is 13.9. The number of hydrazone groups is 1. The minimum absolute atomic E-state index is 0.0103. The molecule has 0 fully saturated rings. The van der Waals surface area contributed by atoms with Gasteiger partial charge < -0.3 is 10.2 Å². The van der Waals surface area contributed by atoms with Crippen molar-refractivity contribution in [2.45, 2.75) is 13.3 Å². The number of hydrogen-bond acceptors (Lipinski definition) is 6. The number of thiazole rings is 1. The van der Waals surface area contributed by atoms with Gasteiger partial charge in [-0.15, -0.1) is 11.3 Å². The van der Waals surface area contributed by atoms with E-state index in [1.807, 2.05) is 42.6 Å². The minimum atomic E-state index is -0.0180. The molecule has 24 heavy (non-hydrogen) atoms. The number of aromatic nitrogens is 1. The summed E-state index contributed by atoms with van der Waals surface area (Å²) in [6, 6.07) is 14.1. The second-order valence-electron chi connectivity index (χ2n) is 5.27. The Morgan fingerprint density at radius 2 is 1.96 bits per heavy atom. The number of nitrogens with one attached hydrogen (secondary N) is 1. The third-order valence-electron chi connectivity index (χ3n) is 3.40. The first-order valence-corrected chi connectivity index (χ1v) is 8.31. The second kappa shape index (κ2) is 7.14. The van der Waals surface area contributed by atoms with Gasteiger partial charge in [-0.05, 0) is 31.2 Å². The van der Waals surface area contributed by atoms with Crippen molar-refractivity contribution in [3.05, 3.63) is 70.2 Å². The number of aryl methyl sites for hydroxylation is 1. The van der Waals surface area contributed by atoms with Gasteiger partial charge in [-0.3, -0.25) is 5.43 Å². The lowest BCUT2D eigenvalue weighted by Crippen LogP contribution is -2.09. The van der Waals surface area contributed by atoms with E-state index in [4.69, 9.17) is 0 Å². The molecule has 2 aromatic carbocycles. The molecule has 122 valence electrons. The van der Waals surface area contributed by atoms with Gasteiger partial charge in [-0.2, -0.15) is 5.10 Å². The summed E-state index contributed by atoms with van der Waals surface area (Å²) in [5.41, 5.74) is 5.94. The lowest BCUT2D eigenvalue weighted by atomic mass is 10.0. The van der Waals surface area contributed by atoms with Crippen molar-refractivity contribution in [3.63, 3.8) is 0 Å². The van der Waals surface area contributed by atoms with Gasteiger partial charge in [0.25, 0.3) is 0 Å². The Hall–Kier alpha value is -2.86. The molecule has 0 spiro atoms. The standard InChI is InChI=1S/C18H17N3O2S/c1-12-19-14(11-24-12)9-17(16-8-7-15(22)10-18(16)23)21-20-13-5-3-2-4-6-13/h2-8,10-11,20,22-23H,9H2,1H3/b21-17+. The van der Waals surface area contributed by atoms with E-state index < -0.39 is 0 Å². The zero-order chi connectivity index (χ0) is 16.9. The molecule has 0 radical (unpaired) electrons. The van der Waals surface area contributed by atoms with E-state index in [0.717, 1.165) is 16.4 Å². The van der Waals surface area contributed by atoms with Crippen LogP contribution in [0.2, 0.25) is 0 Å². The molecule has 0 bridgehead atoms. The summed E-state index contributed by atoms with van der Waals surface area (Å²) in [5.74, 6) is -0.00770. The highest BCUT2D eigenvalue weighted by molar-refractivity contribution is 7.09. The maximum Gasteiger partial charge on any atom is 0.128 e. The molecular weight excluding hydrogens is 322 g/mol. The topological polar surface area (TPSA) is 77.7 Å². The predicted molar refractivity (Wildman–Crippen MR) is 96.9 cm³/mol. The summed E-state index contributed by atoms with van der Waals surface area (Å²) in [6.45, 7) is 1.95. The Balaban J connectivity index is 1.93. The summed E-state index contributed by atoms with van der Waals surface area (Å²) < 4.78 is 0. The fraction of sp³-hybridized carbons (Fsp3) is 0.111. The molecule has 0 aliphatic heterocycles. The van der Waals surface area contributed by atoms with Crippen LogP contribution in [0.5, 0.6) is 11.5 Å². The van der Waals surface area contributed by atoms with E-state index in [9.17, 15) is 10.2 Å². The van der Waals surface area contributed by atoms with Crippen molar-refractivity contribution >= 4 is 22.7 Å². The van der Waals surface area contributed by atoms with Crippen molar-refractivity contribution < 1.29 is 10.2 Å². The summed E-state index contributed by atoms with van der Waals surface area (Å²) in [6.07, 6.45) is 0.475. The molecule has 1 aromatic heterocycles. The summed E-state index contributed by atoms with van der Waals surface area (Å²) in [4.78, 5) is 4.46. The van der Waals surface area contributed by atoms with Crippen LogP contribution in [0.4, 0.5) is 5.69 Å². The molecule has 3 aromatic rings. The molecule has 0 atom stereocenters. The zero-order valence-electron chi connectivity index (χ0n) is 13.1. The Bertz CT molecular complexity index is 860. The summed E-state index contributed by atoms with van der Waals surface area (Å²) in [7, 11) is 0. The molecule has 3 rings (SSSR count). The number of aromatic hydroxyl groups is 2. The fourth-order valence-corrected chi connectivity index (χ4v) is 2.88. The first kappa shape index (κ1) is 16.0. The van der Waals surface area contributed by atoms with Gasteiger partial charge >= 0.3 is 0 Å². The van der Waals surface area contributed by atoms with Crippen LogP contribution in [0, 0.1) is 6.92 Å². The van der Waals surface area contributed by atoms with E-state index in [1.54, 1.807) is 17.4 Å². The average molecular weight is 339 g/mol. The van der Waals surface area contributed by atoms with Crippen LogP contribution in [0.15, 0.2) is 59.0 Å². The van der Waals surface area contributed by atoms with Crippen molar-refractivity contribution in [1.29, 1.82) is 0 Å². The fourth-order valence-electron chi connectivity index (χ4n) is 2.26. The Morgan fingerprint density at radius 3 is 2.62 bits per heavy atom. The number of nitrogens with zero attached hydrogens (tertiary/aromatic N) is 2. The molecule has 0 aliphatic rings. The van der Waals surface area contributed by atoms with Gasteiger partial charge in [0.1, 0.15) is 11.5 Å². The molecule has 1 heterocycles. The Kier molecular flexibility index (Phi) is 4.77. The van der Waals surface area contributed by atoms with Crippen molar-refractivity contribution in [2.75, 3.05) is 5.43 Å². The number of hydrogen-bond donors (Lipinski definition) is 3. The highest BCUT2D eigenvalue weighted by atomic mass is 32.1. The Labute approximate surface area is 144 Å². The Morgan fingerprint density at radius 1 is 1.17 bits per heavy atom. The van der Waals surface area contributed by atoms with Crippen LogP contribution in [0.1, 0.15) is 16.3 Å². The molecule has 6 heteroatoms. The number of para-hydroxylation sites is 1. The maximum absolute atomic E-state index is 10.2. The van der Waals surface area contributed by atoms with Gasteiger partial charge in [-0.25, -0.2) is 4.98 Å². The molecule has 0 unspecified atom stereocenters. The number of anilines is 1. The molecular formula is C18H17N3O2S. The van der Waals surface area contributed by atoms with Crippen LogP contribution >= 0.6 is 11.3 Å². The number of phenols is 2. The first-order valence-electron chi connectivity index (χ1n) is 7.43. The monoisotopic (exact) mass is 339 g/mol. The molecule has 3 N–H and O–H groups in total. The highest BCUT2D eigenvalue weighted by Crippen LogP contribution is 2.25. The molecule has 0 amide bonds. The highest BCUT2D eigenvalue weighted by Gasteiger charge is 2.13. The SMILES string of the molecule is Cc1nc(C/C(=N\Nc2ccccc2)c2ccc(O)cc2O)cs1. The number of rotatable bonds is 5. The van der Waals surface area contributed by atoms with Crippen LogP contribution in [0.3, 0.4) is 0 Å². The lowest BCUT2D eigenvalue weighted by Gasteiger charge is -2.09. The first-order chi connectivity index (χ1) is 11.6. The normalized spacial score (nSPS) is 11.5. The van der Waals surface area contributed by atoms with Gasteiger partial charge in [-0.1, -0.05) is 18.2 Å². The van der Waals surface area contributed by atoms with Crippen molar-refractivity contribution in [1.82, 2.24) is 4.98 Å². The average Bonchev–Trinajstić information content (AvgIpc) is 2.98. The maximum atomic E-state index is 10.2. The summed E-state index contributed by atoms with van der Waals surface area (Å²) in [5, 5.41) is 27.1. The van der Waals surface area contributed by atoms with E-state index in [1.165, 1.54) is 12.1 Å². The third kappa shape index (κ3) is 3.91. The molecule has 0 aliphatic carbocycles. The van der Waals surface area contributed by atoms with Gasteiger partial charge in [0, 0.05) is 23.4 Å². The largest absolute Gasteiger partial charge is 0.508 e. The summed E-state index contributed by atoms with van der Waals surface area (Å²) >= 11 is 1.57. The van der Waals surface area contributed by atoms with Crippen LogP contribution in [-0.4, -0.2) is 20.9 Å². The number of benzene rings is 2. The lowest BCUT2D eigenvalue weighted by molar-refractivity contribution is 0.450. The van der Waals surface area contributed by atoms with Crippen molar-refractivity contribution in [2.24, 2.45) is 5.10 Å². The van der Waals surface area contributed by atoms with Gasteiger partial charge in [0.05, 0.1) is 22.1 Å². The van der Waals surface area contributed by atoms with E-state index in [-0.39, 0.29) is 11.5 Å². The second-order valence-corrected chi connectivity index (χ2v) is 6.33. The predicted octanol–water partition coefficient (Wildman–Crippen LogP) is 3.92. The molecule has 0 saturated carbocycles.